The molecule has 0 atom stereocenters. The van der Waals surface area contributed by atoms with E-state index in [1.165, 1.54) is 0 Å². The number of hydrogen-bond donors (Lipinski definition) is 1. The maximum Gasteiger partial charge on any atom is 0.255 e. The third-order valence-electron chi connectivity index (χ3n) is 2.58. The van der Waals surface area contributed by atoms with Gasteiger partial charge in [0.25, 0.3) is 5.91 Å². The lowest BCUT2D eigenvalue weighted by molar-refractivity contribution is 0.102. The van der Waals surface area contributed by atoms with Crippen LogP contribution in [0.3, 0.4) is 0 Å². The fraction of sp³-hybridized carbons (Fsp3) is 0.133. The predicted molar refractivity (Wildman–Crippen MR) is 78.0 cm³/mol. The standard InChI is InChI=1S/C15H14BrNO/c1-10-4-3-5-12(6-10)15(18)17-14-8-11(2)7-13(16)9-14/h3-9H,1-2H3,(H,17,18). The molecular weight excluding hydrogens is 290 g/mol. The van der Waals surface area contributed by atoms with Crippen molar-refractivity contribution in [1.29, 1.82) is 0 Å². The summed E-state index contributed by atoms with van der Waals surface area (Å²) in [7, 11) is 0. The largest absolute Gasteiger partial charge is 0.322 e. The van der Waals surface area contributed by atoms with Crippen LogP contribution in [0.1, 0.15) is 21.5 Å². The minimum absolute atomic E-state index is 0.0869. The van der Waals surface area contributed by atoms with Gasteiger partial charge >= 0.3 is 0 Å². The summed E-state index contributed by atoms with van der Waals surface area (Å²) in [6.45, 7) is 3.97. The Bertz CT molecular complexity index is 573. The molecule has 0 aliphatic rings. The number of benzene rings is 2. The molecule has 1 amide bonds. The Hall–Kier alpha value is -1.61. The molecule has 0 aliphatic heterocycles. The monoisotopic (exact) mass is 303 g/mol. The lowest BCUT2D eigenvalue weighted by atomic mass is 10.1. The third-order valence-corrected chi connectivity index (χ3v) is 3.04. The van der Waals surface area contributed by atoms with E-state index in [4.69, 9.17) is 0 Å². The molecule has 0 spiro atoms. The van der Waals surface area contributed by atoms with Crippen molar-refractivity contribution in [3.63, 3.8) is 0 Å². The van der Waals surface area contributed by atoms with Gasteiger partial charge in [0.2, 0.25) is 0 Å². The fourth-order valence-electron chi connectivity index (χ4n) is 1.80. The number of nitrogens with one attached hydrogen (secondary N) is 1. The third kappa shape index (κ3) is 3.20. The maximum atomic E-state index is 12.1. The van der Waals surface area contributed by atoms with Crippen LogP contribution in [0, 0.1) is 13.8 Å². The van der Waals surface area contributed by atoms with Gasteiger partial charge in [-0.15, -0.1) is 0 Å². The molecule has 92 valence electrons. The van der Waals surface area contributed by atoms with Crippen molar-refractivity contribution in [2.45, 2.75) is 13.8 Å². The summed E-state index contributed by atoms with van der Waals surface area (Å²) in [5.74, 6) is -0.0869. The Labute approximate surface area is 115 Å². The number of carbonyl (C=O) groups is 1. The van der Waals surface area contributed by atoms with E-state index in [2.05, 4.69) is 21.2 Å². The summed E-state index contributed by atoms with van der Waals surface area (Å²) < 4.78 is 0.960. The van der Waals surface area contributed by atoms with Gasteiger partial charge in [0, 0.05) is 15.7 Å². The van der Waals surface area contributed by atoms with Crippen LogP contribution in [0.4, 0.5) is 5.69 Å². The molecule has 0 bridgehead atoms. The molecule has 18 heavy (non-hydrogen) atoms. The van der Waals surface area contributed by atoms with Crippen LogP contribution < -0.4 is 5.32 Å². The summed E-state index contributed by atoms with van der Waals surface area (Å²) in [6, 6.07) is 13.4. The van der Waals surface area contributed by atoms with Crippen LogP contribution >= 0.6 is 15.9 Å². The maximum absolute atomic E-state index is 12.1. The summed E-state index contributed by atoms with van der Waals surface area (Å²) in [5.41, 5.74) is 3.65. The quantitative estimate of drug-likeness (QED) is 0.879. The molecule has 2 aromatic rings. The first-order valence-electron chi connectivity index (χ1n) is 5.70. The zero-order valence-electron chi connectivity index (χ0n) is 10.3. The fourth-order valence-corrected chi connectivity index (χ4v) is 2.41. The molecule has 0 fully saturated rings. The van der Waals surface area contributed by atoms with Crippen molar-refractivity contribution in [1.82, 2.24) is 0 Å². The summed E-state index contributed by atoms with van der Waals surface area (Å²) in [6.07, 6.45) is 0. The minimum atomic E-state index is -0.0869. The highest BCUT2D eigenvalue weighted by Crippen LogP contribution is 2.19. The Morgan fingerprint density at radius 2 is 1.83 bits per heavy atom. The van der Waals surface area contributed by atoms with Gasteiger partial charge in [0.1, 0.15) is 0 Å². The highest BCUT2D eigenvalue weighted by atomic mass is 79.9. The number of anilines is 1. The van der Waals surface area contributed by atoms with E-state index in [0.29, 0.717) is 5.56 Å². The number of aryl methyl sites for hydroxylation is 2. The van der Waals surface area contributed by atoms with Crippen molar-refractivity contribution in [3.8, 4) is 0 Å². The van der Waals surface area contributed by atoms with Gasteiger partial charge in [-0.25, -0.2) is 0 Å². The second kappa shape index (κ2) is 5.36. The SMILES string of the molecule is Cc1cc(Br)cc(NC(=O)c2cccc(C)c2)c1. The summed E-state index contributed by atoms with van der Waals surface area (Å²) in [4.78, 5) is 12.1. The Balaban J connectivity index is 2.21. The van der Waals surface area contributed by atoms with E-state index in [-0.39, 0.29) is 5.91 Å². The topological polar surface area (TPSA) is 29.1 Å². The number of halogens is 1. The second-order valence-corrected chi connectivity index (χ2v) is 5.26. The predicted octanol–water partition coefficient (Wildman–Crippen LogP) is 4.32. The summed E-state index contributed by atoms with van der Waals surface area (Å²) in [5, 5.41) is 2.90. The first-order valence-corrected chi connectivity index (χ1v) is 6.49. The number of amides is 1. The van der Waals surface area contributed by atoms with Crippen molar-refractivity contribution in [3.05, 3.63) is 63.6 Å². The average Bonchev–Trinajstić information content (AvgIpc) is 2.27. The van der Waals surface area contributed by atoms with Crippen molar-refractivity contribution < 1.29 is 4.79 Å². The normalized spacial score (nSPS) is 10.2. The van der Waals surface area contributed by atoms with Gasteiger partial charge in [-0.3, -0.25) is 4.79 Å². The first-order chi connectivity index (χ1) is 8.54. The van der Waals surface area contributed by atoms with Gasteiger partial charge in [-0.2, -0.15) is 0 Å². The van der Waals surface area contributed by atoms with Gasteiger partial charge in [0.05, 0.1) is 0 Å². The molecule has 0 heterocycles. The molecule has 2 aromatic carbocycles. The van der Waals surface area contributed by atoms with Gasteiger partial charge in [0.15, 0.2) is 0 Å². The van der Waals surface area contributed by atoms with Gasteiger partial charge < -0.3 is 5.32 Å². The van der Waals surface area contributed by atoms with E-state index in [1.807, 2.05) is 56.3 Å². The molecule has 2 rings (SSSR count). The number of rotatable bonds is 2. The molecule has 0 unspecified atom stereocenters. The molecule has 0 saturated carbocycles. The van der Waals surface area contributed by atoms with Crippen LogP contribution in [0.25, 0.3) is 0 Å². The number of hydrogen-bond acceptors (Lipinski definition) is 1. The molecule has 3 heteroatoms. The lowest BCUT2D eigenvalue weighted by Crippen LogP contribution is -2.12. The molecule has 0 aromatic heterocycles. The Kier molecular flexibility index (Phi) is 3.82. The van der Waals surface area contributed by atoms with E-state index in [1.54, 1.807) is 0 Å². The van der Waals surface area contributed by atoms with Gasteiger partial charge in [-0.05, 0) is 49.7 Å². The highest BCUT2D eigenvalue weighted by molar-refractivity contribution is 9.10. The van der Waals surface area contributed by atoms with Crippen LogP contribution in [0.5, 0.6) is 0 Å². The number of carbonyl (C=O) groups excluding carboxylic acids is 1. The molecule has 0 saturated heterocycles. The Morgan fingerprint density at radius 1 is 1.06 bits per heavy atom. The van der Waals surface area contributed by atoms with Crippen molar-refractivity contribution >= 4 is 27.5 Å². The van der Waals surface area contributed by atoms with E-state index in [0.717, 1.165) is 21.3 Å². The van der Waals surface area contributed by atoms with Crippen LogP contribution in [0.15, 0.2) is 46.9 Å². The minimum Gasteiger partial charge on any atom is -0.322 e. The zero-order valence-corrected chi connectivity index (χ0v) is 11.9. The van der Waals surface area contributed by atoms with Gasteiger partial charge in [-0.1, -0.05) is 33.6 Å². The van der Waals surface area contributed by atoms with E-state index < -0.39 is 0 Å². The second-order valence-electron chi connectivity index (χ2n) is 4.34. The highest BCUT2D eigenvalue weighted by Gasteiger charge is 2.06. The van der Waals surface area contributed by atoms with E-state index in [9.17, 15) is 4.79 Å². The average molecular weight is 304 g/mol. The smallest absolute Gasteiger partial charge is 0.255 e. The first kappa shape index (κ1) is 12.8. The zero-order chi connectivity index (χ0) is 13.1. The van der Waals surface area contributed by atoms with Crippen LogP contribution in [-0.2, 0) is 0 Å². The molecule has 2 nitrogen and oxygen atoms in total. The molecule has 1 N–H and O–H groups in total. The lowest BCUT2D eigenvalue weighted by Gasteiger charge is -2.07. The molecule has 0 aliphatic carbocycles. The van der Waals surface area contributed by atoms with Crippen molar-refractivity contribution in [2.75, 3.05) is 5.32 Å². The van der Waals surface area contributed by atoms with E-state index >= 15 is 0 Å². The molecular formula is C15H14BrNO. The van der Waals surface area contributed by atoms with Crippen LogP contribution in [0.2, 0.25) is 0 Å². The van der Waals surface area contributed by atoms with Crippen molar-refractivity contribution in [2.24, 2.45) is 0 Å². The van der Waals surface area contributed by atoms with Crippen LogP contribution in [-0.4, -0.2) is 5.91 Å². The Morgan fingerprint density at radius 3 is 2.50 bits per heavy atom. The summed E-state index contributed by atoms with van der Waals surface area (Å²) >= 11 is 3.42. The molecule has 0 radical (unpaired) electrons.